The van der Waals surface area contributed by atoms with Crippen LogP contribution in [-0.2, 0) is 25.5 Å². The third-order valence-electron chi connectivity index (χ3n) is 10.1. The van der Waals surface area contributed by atoms with E-state index >= 15 is 0 Å². The number of hydrogen-bond acceptors (Lipinski definition) is 9. The first kappa shape index (κ1) is 42.9. The zero-order chi connectivity index (χ0) is 38.5. The topological polar surface area (TPSA) is 161 Å². The Hall–Kier alpha value is -3.46. The summed E-state index contributed by atoms with van der Waals surface area (Å²) in [5.41, 5.74) is 0.814. The fourth-order valence-corrected chi connectivity index (χ4v) is 7.46. The Morgan fingerprint density at radius 2 is 1.79 bits per heavy atom. The predicted octanol–water partition coefficient (Wildman–Crippen LogP) is 4.67. The van der Waals surface area contributed by atoms with Gasteiger partial charge in [-0.2, -0.15) is 0 Å². The molecule has 52 heavy (non-hydrogen) atoms. The molecule has 0 bridgehead atoms. The molecule has 1 saturated heterocycles. The van der Waals surface area contributed by atoms with Crippen LogP contribution in [0.5, 0.6) is 0 Å². The third kappa shape index (κ3) is 12.3. The van der Waals surface area contributed by atoms with Gasteiger partial charge in [-0.05, 0) is 68.8 Å². The number of halogens is 1. The molecule has 2 heterocycles. The molecule has 14 heteroatoms. The number of ether oxygens (including phenoxy) is 1. The lowest BCUT2D eigenvalue weighted by atomic mass is 9.92. The number of amides is 3. The summed E-state index contributed by atoms with van der Waals surface area (Å²) in [4.78, 5) is 61.1. The van der Waals surface area contributed by atoms with E-state index in [2.05, 4.69) is 15.6 Å². The highest BCUT2D eigenvalue weighted by atomic mass is 32.1. The number of carbonyl (C=O) groups is 4. The van der Waals surface area contributed by atoms with E-state index in [-0.39, 0.29) is 61.4 Å². The maximum Gasteiger partial charge on any atom is 0.306 e. The van der Waals surface area contributed by atoms with Crippen LogP contribution in [0.15, 0.2) is 29.6 Å². The molecular weight excluding hydrogens is 690 g/mol. The van der Waals surface area contributed by atoms with Gasteiger partial charge >= 0.3 is 5.97 Å². The van der Waals surface area contributed by atoms with Gasteiger partial charge in [0.2, 0.25) is 11.8 Å². The van der Waals surface area contributed by atoms with Gasteiger partial charge < -0.3 is 30.5 Å². The van der Waals surface area contributed by atoms with Gasteiger partial charge in [-0.25, -0.2) is 9.37 Å². The maximum atomic E-state index is 14.4. The van der Waals surface area contributed by atoms with Crippen LogP contribution < -0.4 is 10.6 Å². The molecule has 4 N–H and O–H groups in total. The zero-order valence-corrected chi connectivity index (χ0v) is 32.5. The molecule has 1 aromatic carbocycles. The number of aliphatic hydroxyl groups is 1. The number of hydrogen-bond donors (Lipinski definition) is 4. The summed E-state index contributed by atoms with van der Waals surface area (Å²) in [6.07, 6.45) is 2.87. The number of likely N-dealkylation sites (N-methyl/N-ethyl adjacent to an activating group) is 1. The summed E-state index contributed by atoms with van der Waals surface area (Å²) in [5.74, 6) is -3.26. The predicted molar refractivity (Wildman–Crippen MR) is 198 cm³/mol. The van der Waals surface area contributed by atoms with Gasteiger partial charge in [0, 0.05) is 37.5 Å². The number of piperidine rings is 1. The van der Waals surface area contributed by atoms with Crippen molar-refractivity contribution in [1.29, 1.82) is 0 Å². The highest BCUT2D eigenvalue weighted by Crippen LogP contribution is 2.29. The van der Waals surface area contributed by atoms with E-state index in [1.54, 1.807) is 36.4 Å². The first-order chi connectivity index (χ1) is 24.7. The highest BCUT2D eigenvalue weighted by Gasteiger charge is 2.38. The van der Waals surface area contributed by atoms with Gasteiger partial charge in [0.1, 0.15) is 28.7 Å². The number of benzene rings is 1. The molecule has 3 rings (SSSR count). The van der Waals surface area contributed by atoms with Crippen LogP contribution in [0.2, 0.25) is 0 Å². The maximum absolute atomic E-state index is 14.4. The summed E-state index contributed by atoms with van der Waals surface area (Å²) in [5, 5.41) is 28.8. The molecule has 2 aromatic rings. The fraction of sp³-hybridized carbons (Fsp3) is 0.658. The Labute approximate surface area is 311 Å². The molecule has 1 aliphatic rings. The first-order valence-corrected chi connectivity index (χ1v) is 19.3. The van der Waals surface area contributed by atoms with Crippen molar-refractivity contribution in [3.63, 3.8) is 0 Å². The van der Waals surface area contributed by atoms with Crippen molar-refractivity contribution in [1.82, 2.24) is 25.4 Å². The molecule has 0 aliphatic carbocycles. The third-order valence-corrected chi connectivity index (χ3v) is 11.1. The average Bonchev–Trinajstić information content (AvgIpc) is 3.61. The number of nitrogens with zero attached hydrogens (tertiary/aromatic N) is 3. The number of aliphatic carboxylic acids is 1. The number of carboxylic acid groups (broad SMARTS) is 1. The Kier molecular flexibility index (Phi) is 17.1. The second-order valence-electron chi connectivity index (χ2n) is 14.5. The zero-order valence-electron chi connectivity index (χ0n) is 31.6. The second-order valence-corrected chi connectivity index (χ2v) is 15.4. The number of carbonyl (C=O) groups excluding carboxylic acids is 3. The van der Waals surface area contributed by atoms with Gasteiger partial charge in [0.25, 0.3) is 5.91 Å². The summed E-state index contributed by atoms with van der Waals surface area (Å²) < 4.78 is 18.9. The van der Waals surface area contributed by atoms with E-state index in [1.165, 1.54) is 12.1 Å². The molecule has 3 unspecified atom stereocenters. The molecule has 0 saturated carbocycles. The van der Waals surface area contributed by atoms with Gasteiger partial charge in [-0.3, -0.25) is 24.1 Å². The SMILES string of the molecule is CCC(C)C(NC(=O)C1CCCCN1C)C(=O)N(CCOC)[C@H](C[C@@H](O)c1nc(C(=O)N[C@@H](Cc2ccc(F)cc2)C[C@H](C)C(=O)O)cs1)C(C)C. The molecule has 290 valence electrons. The van der Waals surface area contributed by atoms with Crippen molar-refractivity contribution in [3.8, 4) is 0 Å². The molecule has 1 aliphatic heterocycles. The minimum absolute atomic E-state index is 0.0757. The molecule has 1 fully saturated rings. The Morgan fingerprint density at radius 3 is 2.38 bits per heavy atom. The van der Waals surface area contributed by atoms with Crippen LogP contribution in [0, 0.1) is 23.6 Å². The van der Waals surface area contributed by atoms with Crippen molar-refractivity contribution < 1.29 is 38.5 Å². The fourth-order valence-electron chi connectivity index (χ4n) is 6.67. The lowest BCUT2D eigenvalue weighted by Gasteiger charge is -2.39. The van der Waals surface area contributed by atoms with Gasteiger partial charge in [-0.15, -0.1) is 11.3 Å². The van der Waals surface area contributed by atoms with E-state index in [0.29, 0.717) is 17.8 Å². The van der Waals surface area contributed by atoms with Crippen molar-refractivity contribution in [2.75, 3.05) is 33.9 Å². The number of likely N-dealkylation sites (tertiary alicyclic amines) is 1. The molecule has 0 spiro atoms. The van der Waals surface area contributed by atoms with E-state index in [0.717, 1.165) is 42.7 Å². The smallest absolute Gasteiger partial charge is 0.306 e. The summed E-state index contributed by atoms with van der Waals surface area (Å²) in [7, 11) is 3.49. The van der Waals surface area contributed by atoms with E-state index in [9.17, 15) is 33.8 Å². The van der Waals surface area contributed by atoms with Gasteiger partial charge in [0.15, 0.2) is 0 Å². The van der Waals surface area contributed by atoms with Gasteiger partial charge in [0.05, 0.1) is 18.6 Å². The summed E-state index contributed by atoms with van der Waals surface area (Å²) in [6.45, 7) is 10.8. The number of nitrogens with one attached hydrogen (secondary N) is 2. The monoisotopic (exact) mass is 747 g/mol. The molecule has 1 aromatic heterocycles. The minimum Gasteiger partial charge on any atom is -0.481 e. The van der Waals surface area contributed by atoms with Crippen LogP contribution in [-0.4, -0.2) is 107 Å². The molecular formula is C38H58FN5O7S. The Morgan fingerprint density at radius 1 is 1.10 bits per heavy atom. The Balaban J connectivity index is 1.79. The van der Waals surface area contributed by atoms with E-state index in [4.69, 9.17) is 4.74 Å². The molecule has 12 nitrogen and oxygen atoms in total. The molecule has 7 atom stereocenters. The van der Waals surface area contributed by atoms with Crippen LogP contribution in [0.4, 0.5) is 4.39 Å². The van der Waals surface area contributed by atoms with Crippen molar-refractivity contribution in [3.05, 3.63) is 51.7 Å². The average molecular weight is 748 g/mol. The Bertz CT molecular complexity index is 1460. The highest BCUT2D eigenvalue weighted by molar-refractivity contribution is 7.09. The van der Waals surface area contributed by atoms with E-state index < -0.39 is 47.8 Å². The van der Waals surface area contributed by atoms with Crippen LogP contribution in [0.3, 0.4) is 0 Å². The van der Waals surface area contributed by atoms with E-state index in [1.807, 2.05) is 39.6 Å². The van der Waals surface area contributed by atoms with Crippen LogP contribution in [0.25, 0.3) is 0 Å². The quantitative estimate of drug-likeness (QED) is 0.151. The lowest BCUT2D eigenvalue weighted by molar-refractivity contribution is -0.143. The van der Waals surface area contributed by atoms with Crippen LogP contribution in [0.1, 0.15) is 100 Å². The summed E-state index contributed by atoms with van der Waals surface area (Å²) >= 11 is 1.12. The number of aliphatic hydroxyl groups excluding tert-OH is 1. The number of rotatable bonds is 20. The normalized spacial score (nSPS) is 18.5. The lowest BCUT2D eigenvalue weighted by Crippen LogP contribution is -2.59. The largest absolute Gasteiger partial charge is 0.481 e. The van der Waals surface area contributed by atoms with Crippen LogP contribution >= 0.6 is 11.3 Å². The standard InChI is InChI=1S/C38H58FN5O7S/c1-8-24(4)33(42-35(47)30-11-9-10-16-43(30)6)37(48)44(17-18-51-7)31(23(2)3)21-32(45)36-41-29(22-52-36)34(46)40-28(19-25(5)38(49)50)20-26-12-14-27(39)15-13-26/h12-15,22-25,28,30-33,45H,8-11,16-21H2,1-7H3,(H,40,46)(H,42,47)(H,49,50)/t24?,25-,28+,30?,31+,32+,33?/m0/s1. The minimum atomic E-state index is -1.11. The van der Waals surface area contributed by atoms with Crippen molar-refractivity contribution in [2.45, 2.75) is 110 Å². The van der Waals surface area contributed by atoms with Crippen molar-refractivity contribution in [2.24, 2.45) is 17.8 Å². The molecule has 3 amide bonds. The van der Waals surface area contributed by atoms with Gasteiger partial charge in [-0.1, -0.05) is 59.6 Å². The number of carboxylic acids is 1. The number of methoxy groups -OCH3 is 1. The first-order valence-electron chi connectivity index (χ1n) is 18.4. The summed E-state index contributed by atoms with van der Waals surface area (Å²) in [6, 6.07) is 3.75. The number of thiazole rings is 1. The van der Waals surface area contributed by atoms with Crippen molar-refractivity contribution >= 4 is 35.0 Å². The number of aromatic nitrogens is 1. The second kappa shape index (κ2) is 20.7. The molecule has 0 radical (unpaired) electrons.